The van der Waals surface area contributed by atoms with Gasteiger partial charge in [-0.1, -0.05) is 6.07 Å². The summed E-state index contributed by atoms with van der Waals surface area (Å²) in [6.07, 6.45) is 2.41. The van der Waals surface area contributed by atoms with Gasteiger partial charge in [-0.25, -0.2) is 4.79 Å². The van der Waals surface area contributed by atoms with Crippen LogP contribution < -0.4 is 10.9 Å². The Labute approximate surface area is 155 Å². The molecule has 0 bridgehead atoms. The topological polar surface area (TPSA) is 62.6 Å². The zero-order valence-corrected chi connectivity index (χ0v) is 15.3. The number of hydrogen-bond donors (Lipinski definition) is 1. The summed E-state index contributed by atoms with van der Waals surface area (Å²) >= 11 is 1.76. The van der Waals surface area contributed by atoms with E-state index < -0.39 is 0 Å². The first-order chi connectivity index (χ1) is 12.6. The van der Waals surface area contributed by atoms with Gasteiger partial charge < -0.3 is 9.73 Å². The van der Waals surface area contributed by atoms with Gasteiger partial charge in [0.15, 0.2) is 0 Å². The first-order valence-electron chi connectivity index (χ1n) is 8.69. The minimum atomic E-state index is -0.362. The molecule has 1 aliphatic carbocycles. The van der Waals surface area contributed by atoms with Gasteiger partial charge in [0, 0.05) is 54.1 Å². The molecule has 1 fully saturated rings. The molecule has 1 aliphatic rings. The molecule has 4 rings (SSSR count). The minimum absolute atomic E-state index is 0.154. The van der Waals surface area contributed by atoms with Gasteiger partial charge in [-0.15, -0.1) is 11.3 Å². The van der Waals surface area contributed by atoms with Crippen molar-refractivity contribution in [1.82, 2.24) is 4.90 Å². The van der Waals surface area contributed by atoms with Crippen molar-refractivity contribution < 1.29 is 9.21 Å². The lowest BCUT2D eigenvalue weighted by atomic mass is 10.1. The molecule has 1 saturated carbocycles. The Kier molecular flexibility index (Phi) is 4.61. The van der Waals surface area contributed by atoms with Crippen LogP contribution in [0.25, 0.3) is 11.0 Å². The van der Waals surface area contributed by atoms with E-state index in [1.807, 2.05) is 12.1 Å². The first kappa shape index (κ1) is 17.0. The largest absolute Gasteiger partial charge is 0.423 e. The highest BCUT2D eigenvalue weighted by atomic mass is 32.1. The van der Waals surface area contributed by atoms with Gasteiger partial charge in [0.25, 0.3) is 0 Å². The third-order valence-corrected chi connectivity index (χ3v) is 5.39. The molecule has 1 N–H and O–H groups in total. The molecule has 0 atom stereocenters. The highest BCUT2D eigenvalue weighted by Gasteiger charge is 2.29. The number of anilines is 1. The highest BCUT2D eigenvalue weighted by molar-refractivity contribution is 7.09. The van der Waals surface area contributed by atoms with E-state index in [1.165, 1.54) is 24.6 Å². The second-order valence-electron chi connectivity index (χ2n) is 6.70. The molecule has 0 saturated heterocycles. The molecule has 6 heteroatoms. The van der Waals surface area contributed by atoms with E-state index in [4.69, 9.17) is 4.42 Å². The molecule has 26 heavy (non-hydrogen) atoms. The van der Waals surface area contributed by atoms with Crippen molar-refractivity contribution in [3.8, 4) is 0 Å². The Bertz CT molecular complexity index is 990. The number of nitrogens with one attached hydrogen (secondary N) is 1. The SMILES string of the molecule is CC(=O)Nc1ccc2c(CN(Cc3cccs3)C3CC3)cc(=O)oc2c1. The van der Waals surface area contributed by atoms with Crippen molar-refractivity contribution in [2.75, 3.05) is 5.32 Å². The van der Waals surface area contributed by atoms with E-state index in [9.17, 15) is 9.59 Å². The number of benzene rings is 1. The van der Waals surface area contributed by atoms with Gasteiger partial charge in [0.05, 0.1) is 0 Å². The van der Waals surface area contributed by atoms with Crippen LogP contribution >= 0.6 is 11.3 Å². The van der Waals surface area contributed by atoms with Crippen molar-refractivity contribution in [1.29, 1.82) is 0 Å². The summed E-state index contributed by atoms with van der Waals surface area (Å²) < 4.78 is 5.36. The van der Waals surface area contributed by atoms with Crippen molar-refractivity contribution in [2.45, 2.75) is 38.9 Å². The van der Waals surface area contributed by atoms with Crippen molar-refractivity contribution in [2.24, 2.45) is 0 Å². The summed E-state index contributed by atoms with van der Waals surface area (Å²) in [6, 6.07) is 11.9. The van der Waals surface area contributed by atoms with E-state index in [0.717, 1.165) is 17.5 Å². The highest BCUT2D eigenvalue weighted by Crippen LogP contribution is 2.32. The molecule has 0 unspecified atom stereocenters. The predicted molar refractivity (Wildman–Crippen MR) is 103 cm³/mol. The Morgan fingerprint density at radius 3 is 2.81 bits per heavy atom. The average Bonchev–Trinajstić information content (AvgIpc) is 3.30. The summed E-state index contributed by atoms with van der Waals surface area (Å²) in [5.41, 5.74) is 1.74. The van der Waals surface area contributed by atoms with Crippen LogP contribution in [-0.4, -0.2) is 16.8 Å². The summed E-state index contributed by atoms with van der Waals surface area (Å²) in [7, 11) is 0. The molecule has 5 nitrogen and oxygen atoms in total. The van der Waals surface area contributed by atoms with E-state index in [-0.39, 0.29) is 11.5 Å². The lowest BCUT2D eigenvalue weighted by Crippen LogP contribution is -2.25. The summed E-state index contributed by atoms with van der Waals surface area (Å²) in [5.74, 6) is -0.154. The van der Waals surface area contributed by atoms with Crippen molar-refractivity contribution in [3.05, 3.63) is 62.6 Å². The molecule has 1 amide bonds. The summed E-state index contributed by atoms with van der Waals surface area (Å²) in [6.45, 7) is 3.06. The van der Waals surface area contributed by atoms with Crippen LogP contribution in [-0.2, 0) is 17.9 Å². The van der Waals surface area contributed by atoms with E-state index in [2.05, 4.69) is 27.7 Å². The molecule has 3 aromatic rings. The fraction of sp³-hybridized carbons (Fsp3) is 0.300. The molecule has 2 aromatic heterocycles. The molecule has 0 spiro atoms. The third-order valence-electron chi connectivity index (χ3n) is 4.53. The first-order valence-corrected chi connectivity index (χ1v) is 9.57. The number of carbonyl (C=O) groups excluding carboxylic acids is 1. The van der Waals surface area contributed by atoms with Crippen LogP contribution in [0.1, 0.15) is 30.2 Å². The monoisotopic (exact) mass is 368 g/mol. The molecule has 134 valence electrons. The van der Waals surface area contributed by atoms with E-state index in [1.54, 1.807) is 23.5 Å². The number of rotatable bonds is 6. The molecular weight excluding hydrogens is 348 g/mol. The number of thiophene rings is 1. The Balaban J connectivity index is 1.66. The maximum Gasteiger partial charge on any atom is 0.336 e. The fourth-order valence-electron chi connectivity index (χ4n) is 3.22. The van der Waals surface area contributed by atoms with E-state index >= 15 is 0 Å². The number of carbonyl (C=O) groups is 1. The normalized spacial score (nSPS) is 14.1. The molecule has 0 aliphatic heterocycles. The third kappa shape index (κ3) is 3.86. The second kappa shape index (κ2) is 7.05. The second-order valence-corrected chi connectivity index (χ2v) is 7.73. The summed E-state index contributed by atoms with van der Waals surface area (Å²) in [4.78, 5) is 27.1. The zero-order valence-electron chi connectivity index (χ0n) is 14.5. The average molecular weight is 368 g/mol. The fourth-order valence-corrected chi connectivity index (χ4v) is 3.95. The lowest BCUT2D eigenvalue weighted by molar-refractivity contribution is -0.114. The predicted octanol–water partition coefficient (Wildman–Crippen LogP) is 3.98. The van der Waals surface area contributed by atoms with Gasteiger partial charge in [0.2, 0.25) is 5.91 Å². The number of hydrogen-bond acceptors (Lipinski definition) is 5. The van der Waals surface area contributed by atoms with Gasteiger partial charge in [-0.3, -0.25) is 9.69 Å². The van der Waals surface area contributed by atoms with Gasteiger partial charge >= 0.3 is 5.63 Å². The smallest absolute Gasteiger partial charge is 0.336 e. The van der Waals surface area contributed by atoms with Crippen molar-refractivity contribution >= 4 is 33.9 Å². The van der Waals surface area contributed by atoms with Gasteiger partial charge in [0.1, 0.15) is 5.58 Å². The summed E-state index contributed by atoms with van der Waals surface area (Å²) in [5, 5.41) is 5.73. The van der Waals surface area contributed by atoms with E-state index in [0.29, 0.717) is 23.9 Å². The molecule has 0 radical (unpaired) electrons. The Morgan fingerprint density at radius 1 is 1.27 bits per heavy atom. The lowest BCUT2D eigenvalue weighted by Gasteiger charge is -2.22. The zero-order chi connectivity index (χ0) is 18.1. The van der Waals surface area contributed by atoms with Crippen LogP contribution in [0.4, 0.5) is 5.69 Å². The molecule has 2 heterocycles. The number of nitrogens with zero attached hydrogens (tertiary/aromatic N) is 1. The van der Waals surface area contributed by atoms with Gasteiger partial charge in [-0.05, 0) is 42.0 Å². The van der Waals surface area contributed by atoms with Crippen LogP contribution in [0.15, 0.2) is 51.0 Å². The maximum absolute atomic E-state index is 12.1. The molecular formula is C20H20N2O3S. The maximum atomic E-state index is 12.1. The van der Waals surface area contributed by atoms with Crippen LogP contribution in [0.5, 0.6) is 0 Å². The molecule has 1 aromatic carbocycles. The Morgan fingerprint density at radius 2 is 2.12 bits per heavy atom. The Hall–Kier alpha value is -2.44. The quantitative estimate of drug-likeness (QED) is 0.669. The minimum Gasteiger partial charge on any atom is -0.423 e. The number of fused-ring (bicyclic) bond motifs is 1. The number of amides is 1. The van der Waals surface area contributed by atoms with Crippen LogP contribution in [0.3, 0.4) is 0 Å². The van der Waals surface area contributed by atoms with Crippen LogP contribution in [0, 0.1) is 0 Å². The van der Waals surface area contributed by atoms with Crippen LogP contribution in [0.2, 0.25) is 0 Å². The standard InChI is InChI=1S/C20H20N2O3S/c1-13(23)21-15-4-7-18-14(9-20(24)25-19(18)10-15)11-22(16-5-6-16)12-17-3-2-8-26-17/h2-4,7-10,16H,5-6,11-12H2,1H3,(H,21,23). The van der Waals surface area contributed by atoms with Crippen molar-refractivity contribution in [3.63, 3.8) is 0 Å². The van der Waals surface area contributed by atoms with Gasteiger partial charge in [-0.2, -0.15) is 0 Å².